The van der Waals surface area contributed by atoms with E-state index in [1.54, 1.807) is 37.3 Å². The van der Waals surface area contributed by atoms with Crippen molar-refractivity contribution in [3.05, 3.63) is 99.6 Å². The molecule has 2 atom stereocenters. The zero-order valence-corrected chi connectivity index (χ0v) is 21.5. The van der Waals surface area contributed by atoms with Crippen molar-refractivity contribution in [3.63, 3.8) is 0 Å². The molecule has 0 fully saturated rings. The number of fused-ring (bicyclic) bond motifs is 1. The molecular formula is C27H24ClNO6S. The normalized spacial score (nSPS) is 17.4. The molecule has 186 valence electrons. The van der Waals surface area contributed by atoms with Gasteiger partial charge in [0.25, 0.3) is 15.9 Å². The Morgan fingerprint density at radius 3 is 2.36 bits per heavy atom. The Bertz CT molecular complexity index is 1470. The van der Waals surface area contributed by atoms with E-state index in [1.807, 2.05) is 6.92 Å². The van der Waals surface area contributed by atoms with E-state index in [2.05, 4.69) is 0 Å². The Morgan fingerprint density at radius 1 is 1.03 bits per heavy atom. The second-order valence-corrected chi connectivity index (χ2v) is 10.8. The van der Waals surface area contributed by atoms with Gasteiger partial charge in [0.2, 0.25) is 0 Å². The number of nitrogens with zero attached hydrogens (tertiary/aromatic N) is 1. The molecule has 0 radical (unpaired) electrons. The molecule has 0 aromatic heterocycles. The lowest BCUT2D eigenvalue weighted by atomic mass is 9.80. The number of aryl methyl sites for hydroxylation is 1. The number of carbonyl (C=O) groups excluding carboxylic acids is 3. The molecule has 2 unspecified atom stereocenters. The average molecular weight is 526 g/mol. The summed E-state index contributed by atoms with van der Waals surface area (Å²) in [7, 11) is -4.45. The number of carbonyl (C=O) groups is 3. The van der Waals surface area contributed by atoms with Gasteiger partial charge in [-0.05, 0) is 62.2 Å². The minimum Gasteiger partial charge on any atom is -0.465 e. The van der Waals surface area contributed by atoms with E-state index in [-0.39, 0.29) is 27.9 Å². The fourth-order valence-electron chi connectivity index (χ4n) is 4.38. The van der Waals surface area contributed by atoms with Crippen molar-refractivity contribution >= 4 is 39.3 Å². The zero-order chi connectivity index (χ0) is 26.2. The Kier molecular flexibility index (Phi) is 7.02. The second kappa shape index (κ2) is 9.87. The minimum atomic E-state index is -4.45. The Labute approximate surface area is 214 Å². The van der Waals surface area contributed by atoms with Crippen LogP contribution in [-0.4, -0.2) is 37.0 Å². The highest BCUT2D eigenvalue weighted by Crippen LogP contribution is 2.46. The lowest BCUT2D eigenvalue weighted by Gasteiger charge is -2.40. The molecule has 9 heteroatoms. The SMILES string of the molecule is CCOC(=O)C1c2ccc(Cl)cc2C(=O)N(S(=O)(=O)c2ccc(C)cc2)C1c1cccc(C(C)=O)c1. The highest BCUT2D eigenvalue weighted by Gasteiger charge is 2.50. The fraction of sp³-hybridized carbons (Fsp3) is 0.222. The number of halogens is 1. The number of Topliss-reactive ketones (excluding diaryl/α,β-unsaturated/α-hetero) is 1. The van der Waals surface area contributed by atoms with Gasteiger partial charge in [0, 0.05) is 16.1 Å². The Hall–Kier alpha value is -3.49. The maximum absolute atomic E-state index is 14.0. The predicted molar refractivity (Wildman–Crippen MR) is 135 cm³/mol. The summed E-state index contributed by atoms with van der Waals surface area (Å²) < 4.78 is 34.0. The van der Waals surface area contributed by atoms with E-state index < -0.39 is 33.9 Å². The molecule has 1 aliphatic rings. The summed E-state index contributed by atoms with van der Waals surface area (Å²) in [6.07, 6.45) is 0. The standard InChI is InChI=1S/C27H24ClNO6S/c1-4-35-27(32)24-22-13-10-20(28)15-23(22)26(31)29(36(33,34)21-11-8-16(2)9-12-21)25(24)19-7-5-6-18(14-19)17(3)30/h5-15,24-25H,4H2,1-3H3. The molecule has 4 rings (SSSR count). The van der Waals surface area contributed by atoms with Crippen LogP contribution in [0.3, 0.4) is 0 Å². The lowest BCUT2D eigenvalue weighted by Crippen LogP contribution is -2.48. The maximum atomic E-state index is 14.0. The number of amides is 1. The van der Waals surface area contributed by atoms with E-state index >= 15 is 0 Å². The highest BCUT2D eigenvalue weighted by atomic mass is 35.5. The van der Waals surface area contributed by atoms with E-state index in [4.69, 9.17) is 16.3 Å². The van der Waals surface area contributed by atoms with Gasteiger partial charge in [-0.25, -0.2) is 12.7 Å². The number of benzene rings is 3. The summed E-state index contributed by atoms with van der Waals surface area (Å²) in [4.78, 5) is 39.2. The number of hydrogen-bond donors (Lipinski definition) is 0. The summed E-state index contributed by atoms with van der Waals surface area (Å²) in [5.74, 6) is -2.95. The molecule has 0 N–H and O–H groups in total. The molecule has 1 heterocycles. The van der Waals surface area contributed by atoms with Crippen LogP contribution in [0.25, 0.3) is 0 Å². The first-order valence-corrected chi connectivity index (χ1v) is 13.1. The quantitative estimate of drug-likeness (QED) is 0.328. The first-order chi connectivity index (χ1) is 17.1. The summed E-state index contributed by atoms with van der Waals surface area (Å²) >= 11 is 6.16. The van der Waals surface area contributed by atoms with Crippen molar-refractivity contribution < 1.29 is 27.5 Å². The molecule has 0 saturated carbocycles. The van der Waals surface area contributed by atoms with E-state index in [0.29, 0.717) is 16.7 Å². The van der Waals surface area contributed by atoms with Gasteiger partial charge in [-0.3, -0.25) is 14.4 Å². The number of esters is 1. The smallest absolute Gasteiger partial charge is 0.315 e. The molecule has 0 bridgehead atoms. The van der Waals surface area contributed by atoms with Gasteiger partial charge in [-0.1, -0.05) is 53.6 Å². The number of ketones is 1. The third-order valence-electron chi connectivity index (χ3n) is 6.10. The van der Waals surface area contributed by atoms with Gasteiger partial charge in [-0.15, -0.1) is 0 Å². The van der Waals surface area contributed by atoms with Gasteiger partial charge >= 0.3 is 5.97 Å². The molecule has 0 aliphatic carbocycles. The van der Waals surface area contributed by atoms with Crippen LogP contribution in [-0.2, 0) is 19.6 Å². The lowest BCUT2D eigenvalue weighted by molar-refractivity contribution is -0.146. The third-order valence-corrected chi connectivity index (χ3v) is 8.12. The summed E-state index contributed by atoms with van der Waals surface area (Å²) in [5.41, 5.74) is 1.76. The van der Waals surface area contributed by atoms with E-state index in [0.717, 1.165) is 9.87 Å². The van der Waals surface area contributed by atoms with Crippen LogP contribution < -0.4 is 0 Å². The Morgan fingerprint density at radius 2 is 1.72 bits per heavy atom. The highest BCUT2D eigenvalue weighted by molar-refractivity contribution is 7.89. The first-order valence-electron chi connectivity index (χ1n) is 11.3. The third kappa shape index (κ3) is 4.54. The molecule has 1 amide bonds. The van der Waals surface area contributed by atoms with Gasteiger partial charge in [0.15, 0.2) is 5.78 Å². The van der Waals surface area contributed by atoms with Crippen molar-refractivity contribution in [2.45, 2.75) is 37.6 Å². The maximum Gasteiger partial charge on any atom is 0.315 e. The van der Waals surface area contributed by atoms with Crippen molar-refractivity contribution in [2.75, 3.05) is 6.61 Å². The summed E-state index contributed by atoms with van der Waals surface area (Å²) in [6.45, 7) is 4.89. The molecule has 3 aromatic carbocycles. The van der Waals surface area contributed by atoms with Crippen molar-refractivity contribution in [2.24, 2.45) is 0 Å². The number of ether oxygens (including phenoxy) is 1. The molecule has 0 saturated heterocycles. The van der Waals surface area contributed by atoms with Gasteiger partial charge in [0.1, 0.15) is 5.92 Å². The molecular weight excluding hydrogens is 502 g/mol. The van der Waals surface area contributed by atoms with Crippen LogP contribution >= 0.6 is 11.6 Å². The van der Waals surface area contributed by atoms with Crippen LogP contribution in [0.5, 0.6) is 0 Å². The molecule has 36 heavy (non-hydrogen) atoms. The fourth-order valence-corrected chi connectivity index (χ4v) is 6.11. The van der Waals surface area contributed by atoms with Gasteiger partial charge < -0.3 is 4.74 Å². The number of hydrogen-bond acceptors (Lipinski definition) is 6. The van der Waals surface area contributed by atoms with Crippen LogP contribution in [0.1, 0.15) is 63.2 Å². The Balaban J connectivity index is 2.04. The largest absolute Gasteiger partial charge is 0.465 e. The van der Waals surface area contributed by atoms with Crippen molar-refractivity contribution in [1.82, 2.24) is 4.31 Å². The number of rotatable bonds is 6. The average Bonchev–Trinajstić information content (AvgIpc) is 2.84. The molecule has 3 aromatic rings. The topological polar surface area (TPSA) is 97.8 Å². The molecule has 7 nitrogen and oxygen atoms in total. The summed E-state index contributed by atoms with van der Waals surface area (Å²) in [6, 6.07) is 15.5. The molecule has 1 aliphatic heterocycles. The van der Waals surface area contributed by atoms with Crippen LogP contribution in [0.4, 0.5) is 0 Å². The van der Waals surface area contributed by atoms with Gasteiger partial charge in [-0.2, -0.15) is 0 Å². The van der Waals surface area contributed by atoms with Crippen LogP contribution in [0.2, 0.25) is 5.02 Å². The van der Waals surface area contributed by atoms with Crippen molar-refractivity contribution in [1.29, 1.82) is 0 Å². The monoisotopic (exact) mass is 525 g/mol. The molecule has 0 spiro atoms. The first kappa shape index (κ1) is 25.6. The van der Waals surface area contributed by atoms with E-state index in [9.17, 15) is 22.8 Å². The predicted octanol–water partition coefficient (Wildman–Crippen LogP) is 5.08. The van der Waals surface area contributed by atoms with E-state index in [1.165, 1.54) is 43.3 Å². The van der Waals surface area contributed by atoms with Crippen molar-refractivity contribution in [3.8, 4) is 0 Å². The van der Waals surface area contributed by atoms with Crippen LogP contribution in [0.15, 0.2) is 71.6 Å². The van der Waals surface area contributed by atoms with Crippen LogP contribution in [0, 0.1) is 6.92 Å². The zero-order valence-electron chi connectivity index (χ0n) is 19.9. The van der Waals surface area contributed by atoms with Gasteiger partial charge in [0.05, 0.1) is 17.5 Å². The summed E-state index contributed by atoms with van der Waals surface area (Å²) in [5, 5.41) is 0.217. The second-order valence-electron chi connectivity index (χ2n) is 8.51. The number of sulfonamides is 1. The minimum absolute atomic E-state index is 0.00443.